The van der Waals surface area contributed by atoms with Gasteiger partial charge in [-0.1, -0.05) is 35.1 Å². The molecule has 4 aromatic rings. The van der Waals surface area contributed by atoms with Crippen LogP contribution in [0.2, 0.25) is 5.02 Å². The summed E-state index contributed by atoms with van der Waals surface area (Å²) in [5.41, 5.74) is 2.67. The second-order valence-corrected chi connectivity index (χ2v) is 9.90. The lowest BCUT2D eigenvalue weighted by atomic mass is 9.99. The quantitative estimate of drug-likeness (QED) is 0.288. The first-order chi connectivity index (χ1) is 16.7. The van der Waals surface area contributed by atoms with Gasteiger partial charge in [0.2, 0.25) is 5.13 Å². The lowest BCUT2D eigenvalue weighted by molar-refractivity contribution is 0.0635. The summed E-state index contributed by atoms with van der Waals surface area (Å²) in [6.45, 7) is 5.40. The highest BCUT2D eigenvalue weighted by molar-refractivity contribution is 7.18. The fourth-order valence-corrected chi connectivity index (χ4v) is 4.20. The van der Waals surface area contributed by atoms with Crippen molar-refractivity contribution in [3.05, 3.63) is 65.8 Å². The lowest BCUT2D eigenvalue weighted by Gasteiger charge is -2.19. The number of aromatic nitrogens is 3. The molecule has 0 unspecified atom stereocenters. The van der Waals surface area contributed by atoms with Gasteiger partial charge in [-0.15, -0.1) is 10.2 Å². The van der Waals surface area contributed by atoms with Crippen molar-refractivity contribution in [2.75, 3.05) is 17.7 Å². The molecular formula is C25H24ClN5O3S. The van der Waals surface area contributed by atoms with E-state index in [2.05, 4.69) is 25.8 Å². The van der Waals surface area contributed by atoms with Crippen LogP contribution in [0.4, 0.5) is 21.4 Å². The number of ether oxygens (including phenoxy) is 2. The van der Waals surface area contributed by atoms with Crippen molar-refractivity contribution < 1.29 is 14.3 Å². The van der Waals surface area contributed by atoms with Gasteiger partial charge in [-0.25, -0.2) is 9.78 Å². The summed E-state index contributed by atoms with van der Waals surface area (Å²) < 4.78 is 11.0. The first-order valence-corrected chi connectivity index (χ1v) is 11.9. The second kappa shape index (κ2) is 10.3. The van der Waals surface area contributed by atoms with E-state index >= 15 is 0 Å². The minimum Gasteiger partial charge on any atom is -0.496 e. The average molecular weight is 510 g/mol. The molecule has 0 radical (unpaired) electrons. The Labute approximate surface area is 212 Å². The van der Waals surface area contributed by atoms with E-state index in [-0.39, 0.29) is 0 Å². The van der Waals surface area contributed by atoms with Crippen LogP contribution in [-0.4, -0.2) is 34.0 Å². The first-order valence-electron chi connectivity index (χ1n) is 10.7. The Morgan fingerprint density at radius 3 is 2.54 bits per heavy atom. The second-order valence-electron chi connectivity index (χ2n) is 8.48. The minimum atomic E-state index is -0.618. The maximum atomic E-state index is 12.2. The van der Waals surface area contributed by atoms with Gasteiger partial charge in [0.25, 0.3) is 0 Å². The molecule has 35 heavy (non-hydrogen) atoms. The van der Waals surface area contributed by atoms with Gasteiger partial charge in [-0.2, -0.15) is 0 Å². The number of methoxy groups -OCH3 is 1. The van der Waals surface area contributed by atoms with Crippen LogP contribution in [0.25, 0.3) is 21.7 Å². The maximum Gasteiger partial charge on any atom is 0.413 e. The van der Waals surface area contributed by atoms with Crippen LogP contribution in [0.1, 0.15) is 20.8 Å². The van der Waals surface area contributed by atoms with E-state index in [9.17, 15) is 4.79 Å². The Morgan fingerprint density at radius 2 is 1.83 bits per heavy atom. The molecule has 0 saturated heterocycles. The van der Waals surface area contributed by atoms with Crippen LogP contribution in [0.15, 0.2) is 60.8 Å². The topological polar surface area (TPSA) is 98.3 Å². The zero-order chi connectivity index (χ0) is 25.0. The van der Waals surface area contributed by atoms with Gasteiger partial charge in [0.1, 0.15) is 22.2 Å². The number of rotatable bonds is 6. The molecule has 10 heteroatoms. The molecule has 0 bridgehead atoms. The largest absolute Gasteiger partial charge is 0.496 e. The molecule has 0 saturated carbocycles. The monoisotopic (exact) mass is 509 g/mol. The first kappa shape index (κ1) is 24.4. The summed E-state index contributed by atoms with van der Waals surface area (Å²) in [6.07, 6.45) is 1.04. The van der Waals surface area contributed by atoms with Crippen LogP contribution >= 0.6 is 22.9 Å². The number of hydrogen-bond donors (Lipinski definition) is 2. The fraction of sp³-hybridized carbons (Fsp3) is 0.200. The molecule has 0 aliphatic rings. The van der Waals surface area contributed by atoms with Crippen LogP contribution in [-0.2, 0) is 4.74 Å². The fourth-order valence-electron chi connectivity index (χ4n) is 3.28. The molecule has 0 fully saturated rings. The summed E-state index contributed by atoms with van der Waals surface area (Å²) in [6, 6.07) is 16.7. The molecule has 180 valence electrons. The SMILES string of the molecule is COc1cccc(-c2nnc(Nc3ccc(Cl)cc3)s2)c1-c1ccnc(NC(=O)OC(C)(C)C)c1. The maximum absolute atomic E-state index is 12.2. The van der Waals surface area contributed by atoms with E-state index < -0.39 is 11.7 Å². The summed E-state index contributed by atoms with van der Waals surface area (Å²) >= 11 is 7.38. The van der Waals surface area contributed by atoms with Crippen LogP contribution in [0.3, 0.4) is 0 Å². The Bertz CT molecular complexity index is 1340. The normalized spacial score (nSPS) is 11.1. The molecule has 1 amide bonds. The third-order valence-electron chi connectivity index (χ3n) is 4.67. The van der Waals surface area contributed by atoms with Crippen molar-refractivity contribution in [3.8, 4) is 27.4 Å². The average Bonchev–Trinajstić information content (AvgIpc) is 3.27. The highest BCUT2D eigenvalue weighted by atomic mass is 35.5. The molecule has 0 aliphatic carbocycles. The predicted octanol–water partition coefficient (Wildman–Crippen LogP) is 7.02. The number of pyridine rings is 1. The van der Waals surface area contributed by atoms with E-state index in [0.29, 0.717) is 26.7 Å². The van der Waals surface area contributed by atoms with Gasteiger partial charge < -0.3 is 14.8 Å². The molecule has 2 aromatic heterocycles. The predicted molar refractivity (Wildman–Crippen MR) is 140 cm³/mol. The Hall–Kier alpha value is -3.69. The number of amides is 1. The van der Waals surface area contributed by atoms with Gasteiger partial charge in [0.15, 0.2) is 0 Å². The summed E-state index contributed by atoms with van der Waals surface area (Å²) in [5.74, 6) is 1.01. The Kier molecular flexibility index (Phi) is 7.18. The molecule has 0 aliphatic heterocycles. The van der Waals surface area contributed by atoms with Crippen LogP contribution in [0, 0.1) is 0 Å². The summed E-state index contributed by atoms with van der Waals surface area (Å²) in [4.78, 5) is 16.5. The van der Waals surface area contributed by atoms with Gasteiger partial charge >= 0.3 is 6.09 Å². The van der Waals surface area contributed by atoms with Crippen molar-refractivity contribution in [1.29, 1.82) is 0 Å². The smallest absolute Gasteiger partial charge is 0.413 e. The van der Waals surface area contributed by atoms with Crippen LogP contribution in [0.5, 0.6) is 5.75 Å². The van der Waals surface area contributed by atoms with Gasteiger partial charge in [-0.05, 0) is 68.8 Å². The molecule has 0 atom stereocenters. The molecule has 0 spiro atoms. The zero-order valence-electron chi connectivity index (χ0n) is 19.6. The number of carbonyl (C=O) groups excluding carboxylic acids is 1. The molecule has 2 heterocycles. The van der Waals surface area contributed by atoms with Gasteiger partial charge in [0.05, 0.1) is 7.11 Å². The van der Waals surface area contributed by atoms with E-state index in [1.54, 1.807) is 52.3 Å². The van der Waals surface area contributed by atoms with Crippen molar-refractivity contribution in [2.24, 2.45) is 0 Å². The molecular weight excluding hydrogens is 486 g/mol. The standard InChI is InChI=1S/C25H24ClN5O3S/c1-25(2,3)34-24(32)29-20-14-15(12-13-27-20)21-18(6-5-7-19(21)33-4)22-30-31-23(35-22)28-17-10-8-16(26)9-11-17/h5-14H,1-4H3,(H,28,31)(H,27,29,32). The van der Waals surface area contributed by atoms with Crippen LogP contribution < -0.4 is 15.4 Å². The van der Waals surface area contributed by atoms with E-state index in [0.717, 1.165) is 22.4 Å². The van der Waals surface area contributed by atoms with Crippen molar-refractivity contribution in [1.82, 2.24) is 15.2 Å². The Morgan fingerprint density at radius 1 is 1.06 bits per heavy atom. The van der Waals surface area contributed by atoms with E-state index in [4.69, 9.17) is 21.1 Å². The molecule has 4 rings (SSSR count). The third-order valence-corrected chi connectivity index (χ3v) is 5.80. The highest BCUT2D eigenvalue weighted by Crippen LogP contribution is 2.41. The number of nitrogens with one attached hydrogen (secondary N) is 2. The molecule has 8 nitrogen and oxygen atoms in total. The van der Waals surface area contributed by atoms with Gasteiger partial charge in [-0.3, -0.25) is 5.32 Å². The highest BCUT2D eigenvalue weighted by Gasteiger charge is 2.19. The minimum absolute atomic E-state index is 0.357. The van der Waals surface area contributed by atoms with Crippen molar-refractivity contribution in [2.45, 2.75) is 26.4 Å². The Balaban J connectivity index is 1.66. The summed E-state index contributed by atoms with van der Waals surface area (Å²) in [7, 11) is 1.61. The van der Waals surface area contributed by atoms with Crippen molar-refractivity contribution in [3.63, 3.8) is 0 Å². The van der Waals surface area contributed by atoms with E-state index in [1.807, 2.05) is 36.4 Å². The number of halogens is 1. The zero-order valence-corrected chi connectivity index (χ0v) is 21.2. The third kappa shape index (κ3) is 6.26. The number of hydrogen-bond acceptors (Lipinski definition) is 8. The summed E-state index contributed by atoms with van der Waals surface area (Å²) in [5, 5.41) is 16.6. The number of nitrogens with zero attached hydrogens (tertiary/aromatic N) is 3. The molecule has 2 aromatic carbocycles. The van der Waals surface area contributed by atoms with E-state index in [1.165, 1.54) is 11.3 Å². The number of carbonyl (C=O) groups is 1. The van der Waals surface area contributed by atoms with Crippen molar-refractivity contribution >= 4 is 45.7 Å². The number of anilines is 3. The molecule has 2 N–H and O–H groups in total. The lowest BCUT2D eigenvalue weighted by Crippen LogP contribution is -2.27. The number of benzene rings is 2. The van der Waals surface area contributed by atoms with Gasteiger partial charge in [0, 0.05) is 28.0 Å².